The standard InChI is InChI=1S/C14H19N3O6S/c1-22-7-5-17(6-8-23-2)24(20,21)10-3-4-12-11(9-10)13(18)16-14(19)15-12/h3-4,9H,5-8H2,1-2H3,(H2,15,16,18,19). The van der Waals surface area contributed by atoms with Gasteiger partial charge in [-0.1, -0.05) is 0 Å². The highest BCUT2D eigenvalue weighted by atomic mass is 32.2. The van der Waals surface area contributed by atoms with Crippen LogP contribution in [0.1, 0.15) is 0 Å². The second-order valence-electron chi connectivity index (χ2n) is 5.01. The molecule has 0 saturated carbocycles. The third kappa shape index (κ3) is 3.90. The summed E-state index contributed by atoms with van der Waals surface area (Å²) >= 11 is 0. The van der Waals surface area contributed by atoms with Crippen molar-refractivity contribution in [2.75, 3.05) is 40.5 Å². The van der Waals surface area contributed by atoms with E-state index in [4.69, 9.17) is 9.47 Å². The number of hydrogen-bond acceptors (Lipinski definition) is 6. The van der Waals surface area contributed by atoms with Gasteiger partial charge >= 0.3 is 5.69 Å². The molecular formula is C14H19N3O6S. The molecule has 0 atom stereocenters. The van der Waals surface area contributed by atoms with Crippen molar-refractivity contribution in [3.8, 4) is 0 Å². The molecule has 1 aromatic carbocycles. The minimum absolute atomic E-state index is 0.0419. The molecular weight excluding hydrogens is 338 g/mol. The van der Waals surface area contributed by atoms with Crippen LogP contribution in [0.4, 0.5) is 0 Å². The number of aromatic amines is 2. The minimum Gasteiger partial charge on any atom is -0.383 e. The fourth-order valence-corrected chi connectivity index (χ4v) is 3.63. The van der Waals surface area contributed by atoms with Gasteiger partial charge in [-0.2, -0.15) is 4.31 Å². The fraction of sp³-hybridized carbons (Fsp3) is 0.429. The van der Waals surface area contributed by atoms with Gasteiger partial charge in [0.15, 0.2) is 0 Å². The molecule has 0 fully saturated rings. The van der Waals surface area contributed by atoms with Crippen molar-refractivity contribution in [3.05, 3.63) is 39.0 Å². The maximum atomic E-state index is 12.8. The van der Waals surface area contributed by atoms with E-state index in [0.717, 1.165) is 0 Å². The summed E-state index contributed by atoms with van der Waals surface area (Å²) in [6.07, 6.45) is 0. The number of H-pyrrole nitrogens is 2. The van der Waals surface area contributed by atoms with Crippen LogP contribution < -0.4 is 11.2 Å². The summed E-state index contributed by atoms with van der Waals surface area (Å²) in [4.78, 5) is 27.6. The van der Waals surface area contributed by atoms with E-state index < -0.39 is 21.3 Å². The van der Waals surface area contributed by atoms with Crippen LogP contribution in [-0.2, 0) is 19.5 Å². The van der Waals surface area contributed by atoms with Crippen LogP contribution >= 0.6 is 0 Å². The summed E-state index contributed by atoms with van der Waals surface area (Å²) in [6, 6.07) is 3.98. The highest BCUT2D eigenvalue weighted by Gasteiger charge is 2.24. The van der Waals surface area contributed by atoms with E-state index in [0.29, 0.717) is 0 Å². The molecule has 10 heteroatoms. The lowest BCUT2D eigenvalue weighted by atomic mass is 10.2. The zero-order valence-corrected chi connectivity index (χ0v) is 14.2. The van der Waals surface area contributed by atoms with Crippen LogP contribution in [0.25, 0.3) is 10.9 Å². The lowest BCUT2D eigenvalue weighted by molar-refractivity contribution is 0.150. The average Bonchev–Trinajstić information content (AvgIpc) is 2.54. The topological polar surface area (TPSA) is 122 Å². The molecule has 2 rings (SSSR count). The summed E-state index contributed by atoms with van der Waals surface area (Å²) in [5, 5.41) is 0.0918. The van der Waals surface area contributed by atoms with E-state index in [-0.39, 0.29) is 42.1 Å². The SMILES string of the molecule is COCCN(CCOC)S(=O)(=O)c1ccc2[nH]c(=O)[nH]c(=O)c2c1. The Morgan fingerprint density at radius 1 is 1.04 bits per heavy atom. The van der Waals surface area contributed by atoms with E-state index in [1.54, 1.807) is 0 Å². The molecule has 132 valence electrons. The van der Waals surface area contributed by atoms with Gasteiger partial charge in [-0.3, -0.25) is 9.78 Å². The molecule has 24 heavy (non-hydrogen) atoms. The quantitative estimate of drug-likeness (QED) is 0.657. The number of hydrogen-bond donors (Lipinski definition) is 2. The van der Waals surface area contributed by atoms with Gasteiger partial charge in [-0.25, -0.2) is 13.2 Å². The first-order valence-corrected chi connectivity index (χ1v) is 8.58. The number of aromatic nitrogens is 2. The predicted molar refractivity (Wildman–Crippen MR) is 87.7 cm³/mol. The van der Waals surface area contributed by atoms with E-state index in [9.17, 15) is 18.0 Å². The molecule has 0 aliphatic rings. The first kappa shape index (κ1) is 18.3. The second-order valence-corrected chi connectivity index (χ2v) is 6.94. The van der Waals surface area contributed by atoms with Crippen molar-refractivity contribution in [2.24, 2.45) is 0 Å². The molecule has 0 radical (unpaired) electrons. The van der Waals surface area contributed by atoms with Crippen molar-refractivity contribution >= 4 is 20.9 Å². The third-order valence-corrected chi connectivity index (χ3v) is 5.33. The summed E-state index contributed by atoms with van der Waals surface area (Å²) in [7, 11) is -0.877. The Morgan fingerprint density at radius 2 is 1.67 bits per heavy atom. The third-order valence-electron chi connectivity index (χ3n) is 3.44. The highest BCUT2D eigenvalue weighted by molar-refractivity contribution is 7.89. The molecule has 2 N–H and O–H groups in total. The van der Waals surface area contributed by atoms with Crippen molar-refractivity contribution in [1.82, 2.24) is 14.3 Å². The predicted octanol–water partition coefficient (Wildman–Crippen LogP) is -0.500. The lowest BCUT2D eigenvalue weighted by Gasteiger charge is -2.21. The first-order chi connectivity index (χ1) is 11.4. The summed E-state index contributed by atoms with van der Waals surface area (Å²) in [5.74, 6) is 0. The number of sulfonamides is 1. The second kappa shape index (κ2) is 7.71. The summed E-state index contributed by atoms with van der Waals surface area (Å²) in [6.45, 7) is 0.763. The number of benzene rings is 1. The number of nitrogens with zero attached hydrogens (tertiary/aromatic N) is 1. The van der Waals surface area contributed by atoms with Gasteiger partial charge in [0, 0.05) is 27.3 Å². The van der Waals surface area contributed by atoms with Crippen LogP contribution in [0.2, 0.25) is 0 Å². The Morgan fingerprint density at radius 3 is 2.25 bits per heavy atom. The van der Waals surface area contributed by atoms with E-state index in [1.807, 2.05) is 0 Å². The van der Waals surface area contributed by atoms with Crippen LogP contribution in [0.3, 0.4) is 0 Å². The largest absolute Gasteiger partial charge is 0.383 e. The molecule has 0 bridgehead atoms. The molecule has 2 aromatic rings. The average molecular weight is 357 g/mol. The molecule has 1 heterocycles. The van der Waals surface area contributed by atoms with Gasteiger partial charge in [-0.15, -0.1) is 0 Å². The Balaban J connectivity index is 2.48. The molecule has 1 aromatic heterocycles. The Bertz CT molecular complexity index is 910. The molecule has 0 saturated heterocycles. The van der Waals surface area contributed by atoms with Gasteiger partial charge in [0.1, 0.15) is 0 Å². The number of fused-ring (bicyclic) bond motifs is 1. The molecule has 0 aliphatic heterocycles. The molecule has 0 aliphatic carbocycles. The van der Waals surface area contributed by atoms with Gasteiger partial charge in [-0.05, 0) is 18.2 Å². The fourth-order valence-electron chi connectivity index (χ4n) is 2.19. The molecule has 0 unspecified atom stereocenters. The normalized spacial score (nSPS) is 12.1. The van der Waals surface area contributed by atoms with Crippen molar-refractivity contribution in [2.45, 2.75) is 4.90 Å². The highest BCUT2D eigenvalue weighted by Crippen LogP contribution is 2.18. The monoisotopic (exact) mass is 357 g/mol. The van der Waals surface area contributed by atoms with Gasteiger partial charge in [0.05, 0.1) is 29.0 Å². The zero-order chi connectivity index (χ0) is 17.7. The Labute approximate surface area is 138 Å². The summed E-state index contributed by atoms with van der Waals surface area (Å²) in [5.41, 5.74) is -1.03. The van der Waals surface area contributed by atoms with Gasteiger partial charge < -0.3 is 14.5 Å². The van der Waals surface area contributed by atoms with Gasteiger partial charge in [0.25, 0.3) is 5.56 Å². The number of methoxy groups -OCH3 is 2. The number of rotatable bonds is 8. The maximum absolute atomic E-state index is 12.8. The zero-order valence-electron chi connectivity index (χ0n) is 13.4. The van der Waals surface area contributed by atoms with Crippen LogP contribution in [-0.4, -0.2) is 63.2 Å². The minimum atomic E-state index is -3.84. The van der Waals surface area contributed by atoms with Crippen molar-refractivity contribution < 1.29 is 17.9 Å². The van der Waals surface area contributed by atoms with Crippen molar-refractivity contribution in [1.29, 1.82) is 0 Å². The lowest BCUT2D eigenvalue weighted by Crippen LogP contribution is -2.36. The molecule has 0 amide bonds. The van der Waals surface area contributed by atoms with E-state index >= 15 is 0 Å². The number of ether oxygens (including phenoxy) is 2. The van der Waals surface area contributed by atoms with E-state index in [2.05, 4.69) is 9.97 Å². The van der Waals surface area contributed by atoms with Crippen molar-refractivity contribution in [3.63, 3.8) is 0 Å². The Kier molecular flexibility index (Phi) is 5.89. The number of nitrogens with one attached hydrogen (secondary N) is 2. The Hall–Kier alpha value is -2.01. The van der Waals surface area contributed by atoms with Gasteiger partial charge in [0.2, 0.25) is 10.0 Å². The molecule has 9 nitrogen and oxygen atoms in total. The van der Waals surface area contributed by atoms with Crippen LogP contribution in [0.15, 0.2) is 32.7 Å². The van der Waals surface area contributed by atoms with Crippen LogP contribution in [0.5, 0.6) is 0 Å². The van der Waals surface area contributed by atoms with Crippen LogP contribution in [0, 0.1) is 0 Å². The first-order valence-electron chi connectivity index (χ1n) is 7.14. The molecule has 0 spiro atoms. The van der Waals surface area contributed by atoms with E-state index in [1.165, 1.54) is 36.7 Å². The summed E-state index contributed by atoms with van der Waals surface area (Å²) < 4.78 is 36.7. The maximum Gasteiger partial charge on any atom is 0.326 e. The smallest absolute Gasteiger partial charge is 0.326 e.